The second-order valence-electron chi connectivity index (χ2n) is 3.16. The predicted molar refractivity (Wildman–Crippen MR) is 53.6 cm³/mol. The minimum absolute atomic E-state index is 0.336. The highest BCUT2D eigenvalue weighted by Crippen LogP contribution is 2.32. The van der Waals surface area contributed by atoms with Crippen LogP contribution in [0.3, 0.4) is 0 Å². The number of halogens is 4. The maximum Gasteiger partial charge on any atom is 0.573 e. The van der Waals surface area contributed by atoms with Crippen LogP contribution in [0, 0.1) is 0 Å². The largest absolute Gasteiger partial charge is 0.573 e. The van der Waals surface area contributed by atoms with Crippen LogP contribution < -0.4 is 9.47 Å². The first-order valence-electron chi connectivity index (χ1n) is 4.80. The fourth-order valence-corrected chi connectivity index (χ4v) is 1.24. The number of aromatic nitrogens is 1. The van der Waals surface area contributed by atoms with Gasteiger partial charge in [0.2, 0.25) is 5.88 Å². The molecule has 0 saturated heterocycles. The van der Waals surface area contributed by atoms with E-state index in [1.807, 2.05) is 0 Å². The SMILES string of the molecule is COC(=O)c1nc(OC)cc(OC(F)(F)F)c1CF. The van der Waals surface area contributed by atoms with Crippen molar-refractivity contribution in [2.75, 3.05) is 14.2 Å². The number of hydrogen-bond acceptors (Lipinski definition) is 5. The average Bonchev–Trinajstić information content (AvgIpc) is 2.34. The van der Waals surface area contributed by atoms with Crippen molar-refractivity contribution in [3.63, 3.8) is 0 Å². The summed E-state index contributed by atoms with van der Waals surface area (Å²) in [6, 6.07) is 0.731. The van der Waals surface area contributed by atoms with E-state index in [9.17, 15) is 22.4 Å². The Balaban J connectivity index is 3.39. The van der Waals surface area contributed by atoms with E-state index in [1.54, 1.807) is 0 Å². The minimum Gasteiger partial charge on any atom is -0.481 e. The Bertz CT molecular complexity index is 475. The molecular formula is C10H9F4NO4. The van der Waals surface area contributed by atoms with Crippen molar-refractivity contribution in [1.29, 1.82) is 0 Å². The standard InChI is InChI=1S/C10H9F4NO4/c1-17-7-3-6(19-10(12,13)14)5(4-11)8(15-7)9(16)18-2/h3H,4H2,1-2H3. The highest BCUT2D eigenvalue weighted by Gasteiger charge is 2.34. The molecule has 0 spiro atoms. The summed E-state index contributed by atoms with van der Waals surface area (Å²) in [4.78, 5) is 14.9. The Morgan fingerprint density at radius 1 is 1.37 bits per heavy atom. The van der Waals surface area contributed by atoms with Gasteiger partial charge in [-0.3, -0.25) is 0 Å². The summed E-state index contributed by atoms with van der Waals surface area (Å²) in [6.45, 7) is -1.38. The van der Waals surface area contributed by atoms with Gasteiger partial charge in [-0.2, -0.15) is 0 Å². The Morgan fingerprint density at radius 2 is 2.00 bits per heavy atom. The molecule has 1 aromatic rings. The summed E-state index contributed by atoms with van der Waals surface area (Å²) in [5.74, 6) is -2.34. The molecule has 0 aromatic carbocycles. The lowest BCUT2D eigenvalue weighted by Gasteiger charge is -2.14. The van der Waals surface area contributed by atoms with E-state index in [-0.39, 0.29) is 5.88 Å². The van der Waals surface area contributed by atoms with E-state index in [1.165, 1.54) is 0 Å². The monoisotopic (exact) mass is 283 g/mol. The third-order valence-corrected chi connectivity index (χ3v) is 2.01. The van der Waals surface area contributed by atoms with Crippen LogP contribution in [0.25, 0.3) is 0 Å². The van der Waals surface area contributed by atoms with Crippen molar-refractivity contribution >= 4 is 5.97 Å². The van der Waals surface area contributed by atoms with E-state index < -0.39 is 36.0 Å². The molecule has 1 aromatic heterocycles. The number of rotatable bonds is 4. The lowest BCUT2D eigenvalue weighted by molar-refractivity contribution is -0.275. The Morgan fingerprint density at radius 3 is 2.42 bits per heavy atom. The van der Waals surface area contributed by atoms with Gasteiger partial charge in [-0.25, -0.2) is 14.2 Å². The lowest BCUT2D eigenvalue weighted by Crippen LogP contribution is -2.20. The van der Waals surface area contributed by atoms with E-state index >= 15 is 0 Å². The fourth-order valence-electron chi connectivity index (χ4n) is 1.24. The molecule has 1 heterocycles. The highest BCUT2D eigenvalue weighted by molar-refractivity contribution is 5.89. The van der Waals surface area contributed by atoms with Crippen molar-refractivity contribution in [2.45, 2.75) is 13.0 Å². The van der Waals surface area contributed by atoms with Gasteiger partial charge in [0.05, 0.1) is 19.8 Å². The van der Waals surface area contributed by atoms with E-state index in [4.69, 9.17) is 0 Å². The van der Waals surface area contributed by atoms with Gasteiger partial charge in [-0.05, 0) is 0 Å². The second kappa shape index (κ2) is 5.72. The number of ether oxygens (including phenoxy) is 3. The molecule has 1 rings (SSSR count). The number of methoxy groups -OCH3 is 2. The molecule has 0 atom stereocenters. The number of carbonyl (C=O) groups is 1. The molecule has 9 heteroatoms. The zero-order valence-electron chi connectivity index (χ0n) is 9.88. The molecule has 106 valence electrons. The molecule has 0 bridgehead atoms. The molecule has 19 heavy (non-hydrogen) atoms. The number of hydrogen-bond donors (Lipinski definition) is 0. The number of carbonyl (C=O) groups excluding carboxylic acids is 1. The molecule has 0 unspecified atom stereocenters. The summed E-state index contributed by atoms with van der Waals surface area (Å²) in [5.41, 5.74) is -1.30. The van der Waals surface area contributed by atoms with Crippen LogP contribution >= 0.6 is 0 Å². The number of alkyl halides is 4. The van der Waals surface area contributed by atoms with Crippen LogP contribution in [-0.2, 0) is 11.4 Å². The summed E-state index contributed by atoms with van der Waals surface area (Å²) in [7, 11) is 2.10. The van der Waals surface area contributed by atoms with Crippen LogP contribution in [0.4, 0.5) is 17.6 Å². The molecule has 0 aliphatic rings. The van der Waals surface area contributed by atoms with E-state index in [0.29, 0.717) is 0 Å². The van der Waals surface area contributed by atoms with Crippen LogP contribution in [0.5, 0.6) is 11.6 Å². The maximum absolute atomic E-state index is 12.8. The Kier molecular flexibility index (Phi) is 4.52. The quantitative estimate of drug-likeness (QED) is 0.626. The first-order valence-corrected chi connectivity index (χ1v) is 4.80. The van der Waals surface area contributed by atoms with Crippen LogP contribution in [0.2, 0.25) is 0 Å². The molecule has 0 aliphatic carbocycles. The topological polar surface area (TPSA) is 57.7 Å². The van der Waals surface area contributed by atoms with Gasteiger partial charge in [0, 0.05) is 6.07 Å². The van der Waals surface area contributed by atoms with E-state index in [0.717, 1.165) is 20.3 Å². The summed E-state index contributed by atoms with van der Waals surface area (Å²) >= 11 is 0. The smallest absolute Gasteiger partial charge is 0.481 e. The molecular weight excluding hydrogens is 274 g/mol. The summed E-state index contributed by atoms with van der Waals surface area (Å²) in [5, 5.41) is 0. The fraction of sp³-hybridized carbons (Fsp3) is 0.400. The van der Waals surface area contributed by atoms with Crippen molar-refractivity contribution in [1.82, 2.24) is 4.98 Å². The van der Waals surface area contributed by atoms with Crippen molar-refractivity contribution in [3.05, 3.63) is 17.3 Å². The first-order chi connectivity index (χ1) is 8.82. The van der Waals surface area contributed by atoms with Crippen LogP contribution in [0.1, 0.15) is 16.1 Å². The Labute approximate surface area is 105 Å². The maximum atomic E-state index is 12.8. The molecule has 0 saturated carbocycles. The zero-order valence-corrected chi connectivity index (χ0v) is 9.88. The predicted octanol–water partition coefficient (Wildman–Crippen LogP) is 2.24. The van der Waals surface area contributed by atoms with Crippen molar-refractivity contribution in [3.8, 4) is 11.6 Å². The zero-order chi connectivity index (χ0) is 14.6. The lowest BCUT2D eigenvalue weighted by atomic mass is 10.2. The van der Waals surface area contributed by atoms with Gasteiger partial charge in [0.25, 0.3) is 0 Å². The normalized spacial score (nSPS) is 11.1. The summed E-state index contributed by atoms with van der Waals surface area (Å²) in [6.07, 6.45) is -5.04. The third kappa shape index (κ3) is 3.70. The molecule has 0 fully saturated rings. The van der Waals surface area contributed by atoms with Gasteiger partial charge in [-0.1, -0.05) is 0 Å². The van der Waals surface area contributed by atoms with Gasteiger partial charge in [0.15, 0.2) is 5.69 Å². The number of pyridine rings is 1. The molecule has 0 N–H and O–H groups in total. The van der Waals surface area contributed by atoms with Crippen LogP contribution in [-0.4, -0.2) is 31.5 Å². The number of esters is 1. The molecule has 0 amide bonds. The van der Waals surface area contributed by atoms with Gasteiger partial charge < -0.3 is 14.2 Å². The number of nitrogens with zero attached hydrogens (tertiary/aromatic N) is 1. The highest BCUT2D eigenvalue weighted by atomic mass is 19.4. The average molecular weight is 283 g/mol. The minimum atomic E-state index is -5.04. The molecule has 0 radical (unpaired) electrons. The second-order valence-corrected chi connectivity index (χ2v) is 3.16. The summed E-state index contributed by atoms with van der Waals surface area (Å²) < 4.78 is 61.9. The van der Waals surface area contributed by atoms with Crippen molar-refractivity contribution < 1.29 is 36.6 Å². The first kappa shape index (κ1) is 15.0. The van der Waals surface area contributed by atoms with Gasteiger partial charge in [-0.15, -0.1) is 13.2 Å². The van der Waals surface area contributed by atoms with E-state index in [2.05, 4.69) is 19.2 Å². The van der Waals surface area contributed by atoms with Gasteiger partial charge >= 0.3 is 12.3 Å². The molecule has 5 nitrogen and oxygen atoms in total. The third-order valence-electron chi connectivity index (χ3n) is 2.01. The van der Waals surface area contributed by atoms with Crippen molar-refractivity contribution in [2.24, 2.45) is 0 Å². The van der Waals surface area contributed by atoms with Crippen LogP contribution in [0.15, 0.2) is 6.07 Å². The Hall–Kier alpha value is -2.06. The van der Waals surface area contributed by atoms with Gasteiger partial charge in [0.1, 0.15) is 12.4 Å². The molecule has 0 aliphatic heterocycles.